The van der Waals surface area contributed by atoms with Gasteiger partial charge in [0.05, 0.1) is 5.71 Å². The molecule has 0 radical (unpaired) electrons. The maximum atomic E-state index is 7.31. The Bertz CT molecular complexity index is 211. The summed E-state index contributed by atoms with van der Waals surface area (Å²) >= 11 is 3.16. The molecule has 0 aliphatic heterocycles. The van der Waals surface area contributed by atoms with Crippen LogP contribution in [-0.4, -0.2) is 5.71 Å². The molecule has 0 bridgehead atoms. The summed E-state index contributed by atoms with van der Waals surface area (Å²) in [5.74, 6) is 0. The van der Waals surface area contributed by atoms with E-state index in [-0.39, 0.29) is 0 Å². The van der Waals surface area contributed by atoms with Crippen LogP contribution in [-0.2, 0) is 0 Å². The van der Waals surface area contributed by atoms with Gasteiger partial charge in [-0.15, -0.1) is 0 Å². The first-order valence-electron chi connectivity index (χ1n) is 2.58. The van der Waals surface area contributed by atoms with Crippen LogP contribution in [0.25, 0.3) is 0 Å². The molecule has 1 N–H and O–H groups in total. The van der Waals surface area contributed by atoms with Crippen LogP contribution in [0.2, 0.25) is 0 Å². The highest BCUT2D eigenvalue weighted by Gasteiger charge is 1.97. The Morgan fingerprint density at radius 2 is 2.00 bits per heavy atom. The van der Waals surface area contributed by atoms with Crippen molar-refractivity contribution in [3.05, 3.63) is 34.9 Å². The fourth-order valence-electron chi connectivity index (χ4n) is 0.592. The largest absolute Gasteiger partial charge is 0.300 e. The minimum atomic E-state index is 0.550. The molecule has 0 aromatic rings. The molecule has 0 heterocycles. The van der Waals surface area contributed by atoms with E-state index in [9.17, 15) is 0 Å². The van der Waals surface area contributed by atoms with Gasteiger partial charge in [-0.05, 0) is 11.1 Å². The first-order valence-corrected chi connectivity index (χ1v) is 3.50. The molecule has 1 nitrogen and oxygen atoms in total. The molecule has 46 valence electrons. The van der Waals surface area contributed by atoms with E-state index >= 15 is 0 Å². The molecule has 0 spiro atoms. The van der Waals surface area contributed by atoms with Crippen molar-refractivity contribution in [2.24, 2.45) is 0 Å². The molecule has 1 aliphatic carbocycles. The molecule has 1 rings (SSSR count). The fourth-order valence-corrected chi connectivity index (χ4v) is 0.991. The molecule has 2 heteroatoms. The standard InChI is InChI=1S/C7H6BrN/c8-5-6-3-1-2-4-7(6)9/h1-5,9H/b6-5+,9-7?. The van der Waals surface area contributed by atoms with E-state index in [1.165, 1.54) is 0 Å². The first-order chi connectivity index (χ1) is 4.34. The molecule has 0 amide bonds. The molecule has 1 aliphatic rings. The number of hydrogen-bond acceptors (Lipinski definition) is 1. The van der Waals surface area contributed by atoms with Crippen LogP contribution in [0.4, 0.5) is 0 Å². The SMILES string of the molecule is N=C1C=CC=C/C1=C\Br. The van der Waals surface area contributed by atoms with Crippen molar-refractivity contribution in [3.63, 3.8) is 0 Å². The minimum absolute atomic E-state index is 0.550. The highest BCUT2D eigenvalue weighted by Crippen LogP contribution is 2.07. The van der Waals surface area contributed by atoms with Gasteiger partial charge in [-0.2, -0.15) is 0 Å². The molecule has 0 fully saturated rings. The molecular formula is C7H6BrN. The van der Waals surface area contributed by atoms with Gasteiger partial charge in [-0.25, -0.2) is 0 Å². The Balaban J connectivity index is 2.91. The monoisotopic (exact) mass is 183 g/mol. The van der Waals surface area contributed by atoms with Gasteiger partial charge in [0, 0.05) is 5.57 Å². The number of hydrogen-bond donors (Lipinski definition) is 1. The molecule has 0 aromatic heterocycles. The highest BCUT2D eigenvalue weighted by molar-refractivity contribution is 9.11. The zero-order valence-electron chi connectivity index (χ0n) is 4.76. The summed E-state index contributed by atoms with van der Waals surface area (Å²) in [7, 11) is 0. The smallest absolute Gasteiger partial charge is 0.0617 e. The van der Waals surface area contributed by atoms with Crippen LogP contribution in [0.1, 0.15) is 0 Å². The average Bonchev–Trinajstić information content (AvgIpc) is 1.89. The van der Waals surface area contributed by atoms with E-state index in [1.54, 1.807) is 11.1 Å². The number of allylic oxidation sites excluding steroid dienone is 5. The van der Waals surface area contributed by atoms with Crippen molar-refractivity contribution >= 4 is 21.6 Å². The average molecular weight is 184 g/mol. The Morgan fingerprint density at radius 1 is 1.33 bits per heavy atom. The second kappa shape index (κ2) is 2.78. The summed E-state index contributed by atoms with van der Waals surface area (Å²) < 4.78 is 0. The maximum Gasteiger partial charge on any atom is 0.0617 e. The zero-order chi connectivity index (χ0) is 6.69. The van der Waals surface area contributed by atoms with Crippen molar-refractivity contribution in [2.45, 2.75) is 0 Å². The molecular weight excluding hydrogens is 178 g/mol. The Hall–Kier alpha value is -0.630. The normalized spacial score (nSPS) is 21.4. The molecule has 0 aromatic carbocycles. The van der Waals surface area contributed by atoms with E-state index in [1.807, 2.05) is 18.2 Å². The number of nitrogens with one attached hydrogen (secondary N) is 1. The number of rotatable bonds is 0. The predicted molar refractivity (Wildman–Crippen MR) is 43.0 cm³/mol. The van der Waals surface area contributed by atoms with Gasteiger partial charge in [-0.1, -0.05) is 34.2 Å². The minimum Gasteiger partial charge on any atom is -0.300 e. The van der Waals surface area contributed by atoms with Gasteiger partial charge in [0.25, 0.3) is 0 Å². The molecule has 0 atom stereocenters. The maximum absolute atomic E-state index is 7.31. The first kappa shape index (κ1) is 6.49. The second-order valence-electron chi connectivity index (χ2n) is 1.70. The van der Waals surface area contributed by atoms with E-state index < -0.39 is 0 Å². The lowest BCUT2D eigenvalue weighted by atomic mass is 10.1. The van der Waals surface area contributed by atoms with Crippen molar-refractivity contribution < 1.29 is 0 Å². The van der Waals surface area contributed by atoms with Crippen molar-refractivity contribution in [1.29, 1.82) is 5.41 Å². The van der Waals surface area contributed by atoms with Crippen LogP contribution in [0.3, 0.4) is 0 Å². The van der Waals surface area contributed by atoms with Crippen LogP contribution < -0.4 is 0 Å². The van der Waals surface area contributed by atoms with E-state index in [0.29, 0.717) is 5.71 Å². The summed E-state index contributed by atoms with van der Waals surface area (Å²) in [4.78, 5) is 1.75. The van der Waals surface area contributed by atoms with Gasteiger partial charge < -0.3 is 5.41 Å². The van der Waals surface area contributed by atoms with E-state index in [2.05, 4.69) is 15.9 Å². The highest BCUT2D eigenvalue weighted by atomic mass is 79.9. The van der Waals surface area contributed by atoms with Crippen molar-refractivity contribution in [1.82, 2.24) is 0 Å². The quantitative estimate of drug-likeness (QED) is 0.597. The third kappa shape index (κ3) is 1.39. The van der Waals surface area contributed by atoms with Crippen molar-refractivity contribution in [3.8, 4) is 0 Å². The Morgan fingerprint density at radius 3 is 2.44 bits per heavy atom. The zero-order valence-corrected chi connectivity index (χ0v) is 6.35. The van der Waals surface area contributed by atoms with Gasteiger partial charge in [0.15, 0.2) is 0 Å². The number of halogens is 1. The van der Waals surface area contributed by atoms with Gasteiger partial charge in [0.1, 0.15) is 0 Å². The summed E-state index contributed by atoms with van der Waals surface area (Å²) in [6, 6.07) is 0. The lowest BCUT2D eigenvalue weighted by Gasteiger charge is -1.99. The summed E-state index contributed by atoms with van der Waals surface area (Å²) in [6.07, 6.45) is 7.40. The fraction of sp³-hybridized carbons (Fsp3) is 0. The Kier molecular flexibility index (Phi) is 2.01. The third-order valence-corrected chi connectivity index (χ3v) is 1.57. The van der Waals surface area contributed by atoms with Gasteiger partial charge >= 0.3 is 0 Å². The summed E-state index contributed by atoms with van der Waals surface area (Å²) in [5.41, 5.74) is 1.46. The van der Waals surface area contributed by atoms with E-state index in [0.717, 1.165) is 5.57 Å². The van der Waals surface area contributed by atoms with Crippen LogP contribution >= 0.6 is 15.9 Å². The van der Waals surface area contributed by atoms with E-state index in [4.69, 9.17) is 5.41 Å². The Labute approximate surface area is 62.4 Å². The lowest BCUT2D eigenvalue weighted by molar-refractivity contribution is 1.50. The van der Waals surface area contributed by atoms with Crippen molar-refractivity contribution in [2.75, 3.05) is 0 Å². The third-order valence-electron chi connectivity index (χ3n) is 1.08. The molecule has 9 heavy (non-hydrogen) atoms. The molecule has 0 saturated heterocycles. The predicted octanol–water partition coefficient (Wildman–Crippen LogP) is 2.41. The second-order valence-corrected chi connectivity index (χ2v) is 2.15. The summed E-state index contributed by atoms with van der Waals surface area (Å²) in [5, 5.41) is 7.31. The van der Waals surface area contributed by atoms with Gasteiger partial charge in [0.2, 0.25) is 0 Å². The van der Waals surface area contributed by atoms with Crippen LogP contribution in [0.5, 0.6) is 0 Å². The molecule has 0 unspecified atom stereocenters. The summed E-state index contributed by atoms with van der Waals surface area (Å²) in [6.45, 7) is 0. The lowest BCUT2D eigenvalue weighted by Crippen LogP contribution is -1.95. The van der Waals surface area contributed by atoms with Crippen LogP contribution in [0.15, 0.2) is 34.9 Å². The molecule has 0 saturated carbocycles. The topological polar surface area (TPSA) is 23.9 Å². The van der Waals surface area contributed by atoms with Gasteiger partial charge in [-0.3, -0.25) is 0 Å². The van der Waals surface area contributed by atoms with Crippen LogP contribution in [0, 0.1) is 5.41 Å².